The van der Waals surface area contributed by atoms with Crippen molar-refractivity contribution >= 4 is 6.09 Å². The van der Waals surface area contributed by atoms with E-state index in [0.717, 1.165) is 17.7 Å². The third kappa shape index (κ3) is 3.89. The molecule has 1 aromatic rings. The van der Waals surface area contributed by atoms with Crippen LogP contribution in [0.25, 0.3) is 0 Å². The van der Waals surface area contributed by atoms with Crippen LogP contribution in [0.15, 0.2) is 24.3 Å². The topological polar surface area (TPSA) is 47.6 Å². The van der Waals surface area contributed by atoms with Crippen molar-refractivity contribution in [3.05, 3.63) is 29.8 Å². The Morgan fingerprint density at radius 2 is 2.00 bits per heavy atom. The SMILES string of the molecule is COC(=O)NCCc1ccc(OC)cc1.[HH]. The highest BCUT2D eigenvalue weighted by Gasteiger charge is 1.98. The van der Waals surface area contributed by atoms with Gasteiger partial charge in [-0.3, -0.25) is 0 Å². The van der Waals surface area contributed by atoms with Crippen LogP contribution in [0.2, 0.25) is 0 Å². The highest BCUT2D eigenvalue weighted by atomic mass is 16.5. The summed E-state index contributed by atoms with van der Waals surface area (Å²) in [6, 6.07) is 7.73. The Balaban J connectivity index is 0.00000225. The molecule has 0 aliphatic carbocycles. The summed E-state index contributed by atoms with van der Waals surface area (Å²) in [5.41, 5.74) is 1.15. The first kappa shape index (κ1) is 11.4. The van der Waals surface area contributed by atoms with Crippen molar-refractivity contribution in [1.29, 1.82) is 0 Å². The molecule has 0 bridgehead atoms. The molecule has 0 saturated heterocycles. The molecule has 0 aromatic heterocycles. The lowest BCUT2D eigenvalue weighted by atomic mass is 10.1. The van der Waals surface area contributed by atoms with Gasteiger partial charge in [0.15, 0.2) is 0 Å². The quantitative estimate of drug-likeness (QED) is 0.826. The molecule has 0 saturated carbocycles. The van der Waals surface area contributed by atoms with Crippen molar-refractivity contribution in [2.24, 2.45) is 0 Å². The number of amides is 1. The number of hydrogen-bond donors (Lipinski definition) is 1. The Labute approximate surface area is 90.7 Å². The Hall–Kier alpha value is -1.71. The number of alkyl carbamates (subject to hydrolysis) is 1. The zero-order valence-electron chi connectivity index (χ0n) is 8.95. The first-order chi connectivity index (χ1) is 7.26. The molecule has 84 valence electrons. The van der Waals surface area contributed by atoms with E-state index in [-0.39, 0.29) is 1.43 Å². The van der Waals surface area contributed by atoms with E-state index in [1.54, 1.807) is 7.11 Å². The molecule has 15 heavy (non-hydrogen) atoms. The van der Waals surface area contributed by atoms with Crippen LogP contribution in [0.3, 0.4) is 0 Å². The smallest absolute Gasteiger partial charge is 0.406 e. The molecule has 4 nitrogen and oxygen atoms in total. The number of rotatable bonds is 4. The predicted molar refractivity (Wildman–Crippen MR) is 59.2 cm³/mol. The van der Waals surface area contributed by atoms with Gasteiger partial charge in [0, 0.05) is 7.97 Å². The van der Waals surface area contributed by atoms with Crippen molar-refractivity contribution in [1.82, 2.24) is 5.32 Å². The van der Waals surface area contributed by atoms with Crippen LogP contribution in [0, 0.1) is 0 Å². The fourth-order valence-electron chi connectivity index (χ4n) is 1.17. The van der Waals surface area contributed by atoms with Gasteiger partial charge in [-0.2, -0.15) is 0 Å². The Morgan fingerprint density at radius 3 is 2.53 bits per heavy atom. The maximum atomic E-state index is 10.7. The number of carbonyl (C=O) groups is 1. The van der Waals surface area contributed by atoms with E-state index in [4.69, 9.17) is 4.74 Å². The van der Waals surface area contributed by atoms with Crippen molar-refractivity contribution in [3.63, 3.8) is 0 Å². The van der Waals surface area contributed by atoms with Crippen LogP contribution < -0.4 is 10.1 Å². The Morgan fingerprint density at radius 1 is 1.33 bits per heavy atom. The number of methoxy groups -OCH3 is 2. The fraction of sp³-hybridized carbons (Fsp3) is 0.364. The minimum atomic E-state index is -0.400. The minimum absolute atomic E-state index is 0. The molecule has 0 unspecified atom stereocenters. The Bertz CT molecular complexity index is 314. The van der Waals surface area contributed by atoms with Gasteiger partial charge in [-0.15, -0.1) is 0 Å². The van der Waals surface area contributed by atoms with Gasteiger partial charge in [0.05, 0.1) is 14.2 Å². The molecule has 0 atom stereocenters. The lowest BCUT2D eigenvalue weighted by Crippen LogP contribution is -2.25. The second-order valence-electron chi connectivity index (χ2n) is 3.02. The van der Waals surface area contributed by atoms with E-state index >= 15 is 0 Å². The molecular formula is C11H17NO3. The first-order valence-electron chi connectivity index (χ1n) is 4.71. The molecule has 0 fully saturated rings. The maximum absolute atomic E-state index is 10.7. The van der Waals surface area contributed by atoms with E-state index in [9.17, 15) is 4.79 Å². The molecule has 0 radical (unpaired) electrons. The molecule has 0 aliphatic rings. The van der Waals surface area contributed by atoms with E-state index < -0.39 is 6.09 Å². The third-order valence-corrected chi connectivity index (χ3v) is 2.03. The standard InChI is InChI=1S/C11H15NO3.H2/c1-14-10-5-3-9(4-6-10)7-8-12-11(13)15-2;/h3-6H,7-8H2,1-2H3,(H,12,13);1H. The predicted octanol–water partition coefficient (Wildman–Crippen LogP) is 1.84. The van der Waals surface area contributed by atoms with Crippen LogP contribution >= 0.6 is 0 Å². The number of hydrogen-bond acceptors (Lipinski definition) is 3. The molecule has 0 spiro atoms. The molecule has 1 aromatic carbocycles. The summed E-state index contributed by atoms with van der Waals surface area (Å²) in [7, 11) is 2.98. The molecule has 1 rings (SSSR count). The average Bonchev–Trinajstić information content (AvgIpc) is 2.29. The maximum Gasteiger partial charge on any atom is 0.406 e. The van der Waals surface area contributed by atoms with Crippen LogP contribution in [-0.4, -0.2) is 26.9 Å². The van der Waals surface area contributed by atoms with Crippen LogP contribution in [0.1, 0.15) is 6.99 Å². The van der Waals surface area contributed by atoms with E-state index in [1.165, 1.54) is 7.11 Å². The lowest BCUT2D eigenvalue weighted by Gasteiger charge is -2.04. The molecule has 1 amide bonds. The highest BCUT2D eigenvalue weighted by molar-refractivity contribution is 5.66. The number of carbonyl (C=O) groups excluding carboxylic acids is 1. The second kappa shape index (κ2) is 5.90. The summed E-state index contributed by atoms with van der Waals surface area (Å²) in [5, 5.41) is 2.62. The lowest BCUT2D eigenvalue weighted by molar-refractivity contribution is 0.171. The molecule has 4 heteroatoms. The summed E-state index contributed by atoms with van der Waals surface area (Å²) in [5.74, 6) is 0.833. The van der Waals surface area contributed by atoms with E-state index in [1.807, 2.05) is 24.3 Å². The van der Waals surface area contributed by atoms with Gasteiger partial charge in [0.25, 0.3) is 0 Å². The second-order valence-corrected chi connectivity index (χ2v) is 3.02. The number of benzene rings is 1. The van der Waals surface area contributed by atoms with E-state index in [0.29, 0.717) is 6.54 Å². The van der Waals surface area contributed by atoms with Crippen molar-refractivity contribution < 1.29 is 15.7 Å². The minimum Gasteiger partial charge on any atom is -0.497 e. The van der Waals surface area contributed by atoms with Gasteiger partial charge in [0.2, 0.25) is 0 Å². The summed E-state index contributed by atoms with van der Waals surface area (Å²) in [6.07, 6.45) is 0.377. The van der Waals surface area contributed by atoms with Gasteiger partial charge < -0.3 is 14.8 Å². The summed E-state index contributed by atoms with van der Waals surface area (Å²) in [6.45, 7) is 0.568. The normalized spacial score (nSPS) is 9.47. The van der Waals surface area contributed by atoms with Gasteiger partial charge in [-0.05, 0) is 24.1 Å². The monoisotopic (exact) mass is 211 g/mol. The average molecular weight is 211 g/mol. The van der Waals surface area contributed by atoms with Crippen molar-refractivity contribution in [2.75, 3.05) is 20.8 Å². The number of ether oxygens (including phenoxy) is 2. The first-order valence-corrected chi connectivity index (χ1v) is 4.71. The van der Waals surface area contributed by atoms with Crippen molar-refractivity contribution in [2.45, 2.75) is 6.42 Å². The van der Waals surface area contributed by atoms with E-state index in [2.05, 4.69) is 10.1 Å². The number of nitrogens with one attached hydrogen (secondary N) is 1. The van der Waals surface area contributed by atoms with Gasteiger partial charge >= 0.3 is 6.09 Å². The zero-order chi connectivity index (χ0) is 11.1. The van der Waals surface area contributed by atoms with Gasteiger partial charge in [-0.1, -0.05) is 12.1 Å². The van der Waals surface area contributed by atoms with Crippen LogP contribution in [-0.2, 0) is 11.2 Å². The highest BCUT2D eigenvalue weighted by Crippen LogP contribution is 2.11. The summed E-state index contributed by atoms with van der Waals surface area (Å²) < 4.78 is 9.49. The van der Waals surface area contributed by atoms with Crippen LogP contribution in [0.4, 0.5) is 4.79 Å². The molecule has 0 heterocycles. The molecular weight excluding hydrogens is 194 g/mol. The molecule has 1 N–H and O–H groups in total. The summed E-state index contributed by atoms with van der Waals surface area (Å²) >= 11 is 0. The van der Waals surface area contributed by atoms with Gasteiger partial charge in [0.1, 0.15) is 5.75 Å². The van der Waals surface area contributed by atoms with Gasteiger partial charge in [-0.25, -0.2) is 4.79 Å². The Kier molecular flexibility index (Phi) is 4.47. The van der Waals surface area contributed by atoms with Crippen LogP contribution in [0.5, 0.6) is 5.75 Å². The zero-order valence-corrected chi connectivity index (χ0v) is 8.95. The largest absolute Gasteiger partial charge is 0.497 e. The molecule has 0 aliphatic heterocycles. The summed E-state index contributed by atoms with van der Waals surface area (Å²) in [4.78, 5) is 10.7. The van der Waals surface area contributed by atoms with Crippen molar-refractivity contribution in [3.8, 4) is 5.75 Å². The fourth-order valence-corrected chi connectivity index (χ4v) is 1.17. The third-order valence-electron chi connectivity index (χ3n) is 2.03.